The number of ether oxygens (including phenoxy) is 1. The van der Waals surface area contributed by atoms with Crippen LogP contribution in [0, 0.1) is 0 Å². The highest BCUT2D eigenvalue weighted by molar-refractivity contribution is 5.93. The van der Waals surface area contributed by atoms with Gasteiger partial charge in [0.25, 0.3) is 5.56 Å². The van der Waals surface area contributed by atoms with Crippen molar-refractivity contribution in [2.45, 2.75) is 26.3 Å². The Morgan fingerprint density at radius 1 is 1.15 bits per heavy atom. The Labute approximate surface area is 152 Å². The predicted octanol–water partition coefficient (Wildman–Crippen LogP) is 3.77. The Kier molecular flexibility index (Phi) is 5.07. The van der Waals surface area contributed by atoms with Crippen molar-refractivity contribution in [2.24, 2.45) is 0 Å². The molecule has 0 saturated carbocycles. The highest BCUT2D eigenvalue weighted by Gasteiger charge is 2.17. The van der Waals surface area contributed by atoms with E-state index >= 15 is 0 Å². The SMILES string of the molecule is CCc1ccc(NC(=O)C(C)n2ccc3cc(OC)ccc3c2=O)cc1. The molecule has 1 aromatic heterocycles. The number of aromatic nitrogens is 1. The first-order valence-corrected chi connectivity index (χ1v) is 8.62. The maximum Gasteiger partial charge on any atom is 0.259 e. The van der Waals surface area contributed by atoms with Crippen LogP contribution in [0.2, 0.25) is 0 Å². The summed E-state index contributed by atoms with van der Waals surface area (Å²) in [5, 5.41) is 4.21. The van der Waals surface area contributed by atoms with E-state index in [1.807, 2.05) is 30.3 Å². The zero-order valence-corrected chi connectivity index (χ0v) is 15.2. The first-order valence-electron chi connectivity index (χ1n) is 8.62. The number of nitrogens with zero attached hydrogens (tertiary/aromatic N) is 1. The van der Waals surface area contributed by atoms with Gasteiger partial charge in [0.1, 0.15) is 11.8 Å². The van der Waals surface area contributed by atoms with Gasteiger partial charge in [0, 0.05) is 17.3 Å². The van der Waals surface area contributed by atoms with E-state index in [1.54, 1.807) is 38.4 Å². The van der Waals surface area contributed by atoms with E-state index in [-0.39, 0.29) is 11.5 Å². The van der Waals surface area contributed by atoms with Gasteiger partial charge in [-0.1, -0.05) is 19.1 Å². The molecule has 2 aromatic carbocycles. The fourth-order valence-electron chi connectivity index (χ4n) is 2.87. The monoisotopic (exact) mass is 350 g/mol. The molecule has 5 nitrogen and oxygen atoms in total. The second-order valence-corrected chi connectivity index (χ2v) is 6.20. The number of nitrogens with one attached hydrogen (secondary N) is 1. The Hall–Kier alpha value is -3.08. The van der Waals surface area contributed by atoms with E-state index < -0.39 is 6.04 Å². The summed E-state index contributed by atoms with van der Waals surface area (Å²) in [4.78, 5) is 25.3. The second-order valence-electron chi connectivity index (χ2n) is 6.20. The molecule has 0 fully saturated rings. The third kappa shape index (κ3) is 3.47. The Morgan fingerprint density at radius 2 is 1.88 bits per heavy atom. The zero-order valence-electron chi connectivity index (χ0n) is 15.2. The van der Waals surface area contributed by atoms with E-state index in [4.69, 9.17) is 4.74 Å². The zero-order chi connectivity index (χ0) is 18.7. The summed E-state index contributed by atoms with van der Waals surface area (Å²) >= 11 is 0. The first kappa shape index (κ1) is 17.7. The third-order valence-corrected chi connectivity index (χ3v) is 4.56. The van der Waals surface area contributed by atoms with Gasteiger partial charge in [-0.3, -0.25) is 9.59 Å². The molecule has 0 bridgehead atoms. The van der Waals surface area contributed by atoms with Crippen LogP contribution >= 0.6 is 0 Å². The Bertz CT molecular complexity index is 990. The molecule has 1 atom stereocenters. The summed E-state index contributed by atoms with van der Waals surface area (Å²) in [7, 11) is 1.59. The molecule has 0 radical (unpaired) electrons. The lowest BCUT2D eigenvalue weighted by Gasteiger charge is -2.16. The smallest absolute Gasteiger partial charge is 0.259 e. The van der Waals surface area contributed by atoms with Crippen molar-refractivity contribution in [3.05, 3.63) is 70.6 Å². The largest absolute Gasteiger partial charge is 0.497 e. The molecule has 3 rings (SSSR count). The minimum atomic E-state index is -0.625. The molecule has 134 valence electrons. The average Bonchev–Trinajstić information content (AvgIpc) is 2.68. The minimum absolute atomic E-state index is 0.200. The third-order valence-electron chi connectivity index (χ3n) is 4.56. The molecule has 0 aliphatic heterocycles. The average molecular weight is 350 g/mol. The van der Waals surface area contributed by atoms with Gasteiger partial charge in [0.05, 0.1) is 7.11 Å². The molecule has 0 saturated heterocycles. The molecule has 0 spiro atoms. The Morgan fingerprint density at radius 3 is 2.54 bits per heavy atom. The molecule has 26 heavy (non-hydrogen) atoms. The summed E-state index contributed by atoms with van der Waals surface area (Å²) < 4.78 is 6.64. The number of fused-ring (bicyclic) bond motifs is 1. The van der Waals surface area contributed by atoms with Crippen LogP contribution in [0.25, 0.3) is 10.8 Å². The van der Waals surface area contributed by atoms with Crippen molar-refractivity contribution in [2.75, 3.05) is 12.4 Å². The molecule has 0 aliphatic carbocycles. The summed E-state index contributed by atoms with van der Waals surface area (Å²) in [6.07, 6.45) is 2.59. The number of aryl methyl sites for hydroxylation is 1. The molecule has 3 aromatic rings. The van der Waals surface area contributed by atoms with Gasteiger partial charge in [0.2, 0.25) is 5.91 Å². The highest BCUT2D eigenvalue weighted by atomic mass is 16.5. The van der Waals surface area contributed by atoms with Crippen molar-refractivity contribution in [3.63, 3.8) is 0 Å². The lowest BCUT2D eigenvalue weighted by Crippen LogP contribution is -2.31. The van der Waals surface area contributed by atoms with Crippen LogP contribution in [0.15, 0.2) is 59.5 Å². The number of anilines is 1. The number of methoxy groups -OCH3 is 1. The Balaban J connectivity index is 1.86. The molecule has 1 N–H and O–H groups in total. The summed E-state index contributed by atoms with van der Waals surface area (Å²) in [5.41, 5.74) is 1.73. The van der Waals surface area contributed by atoms with Crippen LogP contribution in [-0.2, 0) is 11.2 Å². The van der Waals surface area contributed by atoms with E-state index in [0.717, 1.165) is 17.5 Å². The van der Waals surface area contributed by atoms with E-state index in [0.29, 0.717) is 11.1 Å². The van der Waals surface area contributed by atoms with E-state index in [9.17, 15) is 9.59 Å². The van der Waals surface area contributed by atoms with Gasteiger partial charge in [-0.05, 0) is 60.7 Å². The predicted molar refractivity (Wildman–Crippen MR) is 104 cm³/mol. The van der Waals surface area contributed by atoms with Gasteiger partial charge in [-0.2, -0.15) is 0 Å². The molecule has 5 heteroatoms. The quantitative estimate of drug-likeness (QED) is 0.762. The summed E-state index contributed by atoms with van der Waals surface area (Å²) in [6.45, 7) is 3.80. The maximum atomic E-state index is 12.8. The number of rotatable bonds is 5. The second kappa shape index (κ2) is 7.44. The number of carbonyl (C=O) groups is 1. The van der Waals surface area contributed by atoms with Gasteiger partial charge >= 0.3 is 0 Å². The number of benzene rings is 2. The van der Waals surface area contributed by atoms with E-state index in [2.05, 4.69) is 12.2 Å². The number of hydrogen-bond acceptors (Lipinski definition) is 3. The van der Waals surface area contributed by atoms with Gasteiger partial charge < -0.3 is 14.6 Å². The number of hydrogen-bond donors (Lipinski definition) is 1. The van der Waals surface area contributed by atoms with Crippen molar-refractivity contribution in [1.82, 2.24) is 4.57 Å². The topological polar surface area (TPSA) is 60.3 Å². The molecule has 0 aliphatic rings. The van der Waals surface area contributed by atoms with Crippen LogP contribution in [0.4, 0.5) is 5.69 Å². The van der Waals surface area contributed by atoms with Gasteiger partial charge in [-0.15, -0.1) is 0 Å². The molecule has 1 unspecified atom stereocenters. The van der Waals surface area contributed by atoms with Gasteiger partial charge in [-0.25, -0.2) is 0 Å². The first-order chi connectivity index (χ1) is 12.5. The lowest BCUT2D eigenvalue weighted by molar-refractivity contribution is -0.118. The standard InChI is InChI=1S/C21H22N2O3/c1-4-15-5-7-17(8-6-15)22-20(24)14(2)23-12-11-16-13-18(26-3)9-10-19(16)21(23)25/h5-14H,4H2,1-3H3,(H,22,24). The fraction of sp³-hybridized carbons (Fsp3) is 0.238. The summed E-state index contributed by atoms with van der Waals surface area (Å²) in [5.74, 6) is 0.458. The highest BCUT2D eigenvalue weighted by Crippen LogP contribution is 2.19. The number of amides is 1. The van der Waals surface area contributed by atoms with Crippen LogP contribution < -0.4 is 15.6 Å². The van der Waals surface area contributed by atoms with Crippen molar-refractivity contribution < 1.29 is 9.53 Å². The van der Waals surface area contributed by atoms with Crippen LogP contribution in [0.3, 0.4) is 0 Å². The van der Waals surface area contributed by atoms with Crippen molar-refractivity contribution in [3.8, 4) is 5.75 Å². The normalized spacial score (nSPS) is 12.0. The number of carbonyl (C=O) groups excluding carboxylic acids is 1. The minimum Gasteiger partial charge on any atom is -0.497 e. The lowest BCUT2D eigenvalue weighted by atomic mass is 10.1. The molecular formula is C21H22N2O3. The van der Waals surface area contributed by atoms with Gasteiger partial charge in [0.15, 0.2) is 0 Å². The summed E-state index contributed by atoms with van der Waals surface area (Å²) in [6, 6.07) is 14.2. The van der Waals surface area contributed by atoms with Crippen molar-refractivity contribution in [1.29, 1.82) is 0 Å². The fourth-order valence-corrected chi connectivity index (χ4v) is 2.87. The van der Waals surface area contributed by atoms with E-state index in [1.165, 1.54) is 10.1 Å². The molecule has 1 amide bonds. The molecule has 1 heterocycles. The number of pyridine rings is 1. The van der Waals surface area contributed by atoms with Crippen LogP contribution in [0.5, 0.6) is 5.75 Å². The maximum absolute atomic E-state index is 12.8. The van der Waals surface area contributed by atoms with Crippen LogP contribution in [-0.4, -0.2) is 17.6 Å². The molecular weight excluding hydrogens is 328 g/mol. The van der Waals surface area contributed by atoms with Crippen LogP contribution in [0.1, 0.15) is 25.5 Å². The van der Waals surface area contributed by atoms with Crippen molar-refractivity contribution >= 4 is 22.4 Å².